The molecule has 0 radical (unpaired) electrons. The van der Waals surface area contributed by atoms with Crippen LogP contribution in [0.4, 0.5) is 5.69 Å². The van der Waals surface area contributed by atoms with Gasteiger partial charge in [-0.1, -0.05) is 28.1 Å². The molecule has 4 aromatic rings. The van der Waals surface area contributed by atoms with Gasteiger partial charge in [-0.05, 0) is 83.4 Å². The highest BCUT2D eigenvalue weighted by Gasteiger charge is 2.12. The van der Waals surface area contributed by atoms with Crippen LogP contribution in [0.2, 0.25) is 0 Å². The lowest BCUT2D eigenvalue weighted by Gasteiger charge is -2.08. The van der Waals surface area contributed by atoms with Crippen molar-refractivity contribution in [3.05, 3.63) is 80.2 Å². The number of oxazole rings is 1. The van der Waals surface area contributed by atoms with E-state index in [1.165, 1.54) is 6.08 Å². The van der Waals surface area contributed by atoms with Crippen LogP contribution in [0, 0.1) is 13.8 Å². The van der Waals surface area contributed by atoms with E-state index in [9.17, 15) is 4.79 Å². The van der Waals surface area contributed by atoms with Gasteiger partial charge in [0.2, 0.25) is 11.8 Å². The van der Waals surface area contributed by atoms with Crippen LogP contribution in [-0.2, 0) is 4.79 Å². The third-order valence-corrected chi connectivity index (χ3v) is 5.90. The summed E-state index contributed by atoms with van der Waals surface area (Å²) in [5, 5.41) is 2.88. The standard InChI is InChI=1S/C25H20Br2N2O3/c1-14-9-15(2)23-21(10-14)29-25(32-23)17-5-4-6-19(12-17)28-22(30)8-7-16-11-18(26)13-20(27)24(16)31-3/h4-13H,1-3H3,(H,28,30)/b8-7+. The highest BCUT2D eigenvalue weighted by molar-refractivity contribution is 9.11. The van der Waals surface area contributed by atoms with Crippen molar-refractivity contribution in [3.63, 3.8) is 0 Å². The predicted molar refractivity (Wildman–Crippen MR) is 135 cm³/mol. The molecule has 1 N–H and O–H groups in total. The van der Waals surface area contributed by atoms with Crippen LogP contribution in [0.15, 0.2) is 68.0 Å². The molecule has 0 saturated heterocycles. The Hall–Kier alpha value is -2.90. The molecule has 1 amide bonds. The summed E-state index contributed by atoms with van der Waals surface area (Å²) in [6.45, 7) is 4.04. The fraction of sp³-hybridized carbons (Fsp3) is 0.120. The Labute approximate surface area is 202 Å². The van der Waals surface area contributed by atoms with E-state index < -0.39 is 0 Å². The topological polar surface area (TPSA) is 64.4 Å². The van der Waals surface area contributed by atoms with Crippen LogP contribution in [0.3, 0.4) is 0 Å². The lowest BCUT2D eigenvalue weighted by molar-refractivity contribution is -0.111. The summed E-state index contributed by atoms with van der Waals surface area (Å²) in [5.74, 6) is 0.911. The maximum Gasteiger partial charge on any atom is 0.248 e. The van der Waals surface area contributed by atoms with Gasteiger partial charge in [-0.15, -0.1) is 0 Å². The number of ether oxygens (including phenoxy) is 1. The first-order valence-corrected chi connectivity index (χ1v) is 11.4. The van der Waals surface area contributed by atoms with E-state index >= 15 is 0 Å². The summed E-state index contributed by atoms with van der Waals surface area (Å²) in [6.07, 6.45) is 3.18. The number of methoxy groups -OCH3 is 1. The van der Waals surface area contributed by atoms with Gasteiger partial charge in [0.1, 0.15) is 11.3 Å². The first-order chi connectivity index (χ1) is 15.3. The van der Waals surface area contributed by atoms with E-state index in [1.807, 2.05) is 56.3 Å². The number of fused-ring (bicyclic) bond motifs is 1. The Balaban J connectivity index is 1.55. The molecule has 0 aliphatic carbocycles. The molecule has 3 aromatic carbocycles. The second-order valence-corrected chi connectivity index (χ2v) is 9.13. The summed E-state index contributed by atoms with van der Waals surface area (Å²) in [5.41, 5.74) is 5.99. The zero-order chi connectivity index (χ0) is 22.8. The molecule has 0 bridgehead atoms. The average Bonchev–Trinajstić information content (AvgIpc) is 3.16. The highest BCUT2D eigenvalue weighted by Crippen LogP contribution is 2.33. The van der Waals surface area contributed by atoms with Gasteiger partial charge in [0.25, 0.3) is 0 Å². The number of benzene rings is 3. The van der Waals surface area contributed by atoms with Crippen LogP contribution in [0.25, 0.3) is 28.6 Å². The largest absolute Gasteiger partial charge is 0.495 e. The van der Waals surface area contributed by atoms with Gasteiger partial charge >= 0.3 is 0 Å². The number of anilines is 1. The summed E-state index contributed by atoms with van der Waals surface area (Å²) < 4.78 is 13.1. The van der Waals surface area contributed by atoms with Crippen LogP contribution < -0.4 is 10.1 Å². The van der Waals surface area contributed by atoms with Crippen molar-refractivity contribution >= 4 is 60.6 Å². The first-order valence-electron chi connectivity index (χ1n) is 9.84. The van der Waals surface area contributed by atoms with Crippen molar-refractivity contribution in [1.29, 1.82) is 0 Å². The van der Waals surface area contributed by atoms with Gasteiger partial charge in [0.15, 0.2) is 5.58 Å². The molecule has 32 heavy (non-hydrogen) atoms. The van der Waals surface area contributed by atoms with Crippen molar-refractivity contribution < 1.29 is 13.9 Å². The number of hydrogen-bond acceptors (Lipinski definition) is 4. The molecular weight excluding hydrogens is 536 g/mol. The van der Waals surface area contributed by atoms with Crippen LogP contribution in [0.5, 0.6) is 5.75 Å². The minimum atomic E-state index is -0.260. The molecular formula is C25H20Br2N2O3. The minimum absolute atomic E-state index is 0.260. The smallest absolute Gasteiger partial charge is 0.248 e. The number of nitrogens with one attached hydrogen (secondary N) is 1. The third-order valence-electron chi connectivity index (χ3n) is 4.85. The van der Waals surface area contributed by atoms with Gasteiger partial charge in [0.05, 0.1) is 11.6 Å². The third kappa shape index (κ3) is 4.79. The summed E-state index contributed by atoms with van der Waals surface area (Å²) in [4.78, 5) is 17.1. The molecule has 0 aliphatic heterocycles. The number of hydrogen-bond donors (Lipinski definition) is 1. The lowest BCUT2D eigenvalue weighted by Crippen LogP contribution is -2.07. The molecule has 1 heterocycles. The second kappa shape index (κ2) is 9.30. The Morgan fingerprint density at radius 3 is 2.72 bits per heavy atom. The maximum atomic E-state index is 12.5. The molecule has 5 nitrogen and oxygen atoms in total. The number of halogens is 2. The summed E-state index contributed by atoms with van der Waals surface area (Å²) in [7, 11) is 1.59. The van der Waals surface area contributed by atoms with Crippen molar-refractivity contribution in [2.75, 3.05) is 12.4 Å². The predicted octanol–water partition coefficient (Wildman–Crippen LogP) is 7.30. The van der Waals surface area contributed by atoms with E-state index in [0.717, 1.165) is 42.3 Å². The molecule has 0 spiro atoms. The molecule has 0 unspecified atom stereocenters. The fourth-order valence-electron chi connectivity index (χ4n) is 3.50. The monoisotopic (exact) mass is 554 g/mol. The number of aryl methyl sites for hydroxylation is 2. The van der Waals surface area contributed by atoms with Gasteiger partial charge in [-0.25, -0.2) is 4.98 Å². The van der Waals surface area contributed by atoms with E-state index in [1.54, 1.807) is 13.2 Å². The molecule has 0 aliphatic rings. The fourth-order valence-corrected chi connectivity index (χ4v) is 4.92. The summed E-state index contributed by atoms with van der Waals surface area (Å²) >= 11 is 6.92. The zero-order valence-corrected chi connectivity index (χ0v) is 20.9. The molecule has 162 valence electrons. The van der Waals surface area contributed by atoms with Crippen molar-refractivity contribution in [2.24, 2.45) is 0 Å². The average molecular weight is 556 g/mol. The Morgan fingerprint density at radius 2 is 1.94 bits per heavy atom. The number of carbonyl (C=O) groups excluding carboxylic acids is 1. The normalized spacial score (nSPS) is 11.3. The van der Waals surface area contributed by atoms with E-state index in [2.05, 4.69) is 48.2 Å². The number of carbonyl (C=O) groups is 1. The molecule has 1 aromatic heterocycles. The second-order valence-electron chi connectivity index (χ2n) is 7.36. The number of rotatable bonds is 5. The first kappa shape index (κ1) is 22.3. The van der Waals surface area contributed by atoms with E-state index in [0.29, 0.717) is 17.3 Å². The Kier molecular flexibility index (Phi) is 6.48. The van der Waals surface area contributed by atoms with Crippen molar-refractivity contribution in [1.82, 2.24) is 4.98 Å². The zero-order valence-electron chi connectivity index (χ0n) is 17.7. The SMILES string of the molecule is COc1c(Br)cc(Br)cc1/C=C/C(=O)Nc1cccc(-c2nc3cc(C)cc(C)c3o2)c1. The number of nitrogens with zero attached hydrogens (tertiary/aromatic N) is 1. The highest BCUT2D eigenvalue weighted by atomic mass is 79.9. The van der Waals surface area contributed by atoms with Crippen LogP contribution >= 0.6 is 31.9 Å². The van der Waals surface area contributed by atoms with Gasteiger partial charge in [-0.3, -0.25) is 4.79 Å². The minimum Gasteiger partial charge on any atom is -0.495 e. The molecule has 7 heteroatoms. The Bertz CT molecular complexity index is 1360. The number of amides is 1. The molecule has 4 rings (SSSR count). The van der Waals surface area contributed by atoms with Crippen molar-refractivity contribution in [2.45, 2.75) is 13.8 Å². The maximum absolute atomic E-state index is 12.5. The van der Waals surface area contributed by atoms with Gasteiger partial charge < -0.3 is 14.5 Å². The van der Waals surface area contributed by atoms with Crippen LogP contribution in [0.1, 0.15) is 16.7 Å². The molecule has 0 atom stereocenters. The van der Waals surface area contributed by atoms with Crippen LogP contribution in [-0.4, -0.2) is 18.0 Å². The molecule has 0 fully saturated rings. The van der Waals surface area contributed by atoms with E-state index in [-0.39, 0.29) is 5.91 Å². The van der Waals surface area contributed by atoms with Crippen molar-refractivity contribution in [3.8, 4) is 17.2 Å². The molecule has 0 saturated carbocycles. The van der Waals surface area contributed by atoms with Gasteiger partial charge in [-0.2, -0.15) is 0 Å². The Morgan fingerprint density at radius 1 is 1.12 bits per heavy atom. The summed E-state index contributed by atoms with van der Waals surface area (Å²) in [6, 6.07) is 15.3. The van der Waals surface area contributed by atoms with Gasteiger partial charge in [0, 0.05) is 27.4 Å². The van der Waals surface area contributed by atoms with E-state index in [4.69, 9.17) is 9.15 Å². The quantitative estimate of drug-likeness (QED) is 0.262. The number of aromatic nitrogens is 1. The lowest BCUT2D eigenvalue weighted by atomic mass is 10.1.